The number of phosphoric acid groups is 2. The maximum absolute atomic E-state index is 13.1. The summed E-state index contributed by atoms with van der Waals surface area (Å²) in [6, 6.07) is 0. The van der Waals surface area contributed by atoms with E-state index >= 15 is 0 Å². The lowest BCUT2D eigenvalue weighted by Crippen LogP contribution is -2.30. The van der Waals surface area contributed by atoms with Gasteiger partial charge in [0.25, 0.3) is 0 Å². The Morgan fingerprint density at radius 1 is 0.220 bits per heavy atom. The molecule has 0 rings (SSSR count). The highest BCUT2D eigenvalue weighted by Crippen LogP contribution is 2.45. The van der Waals surface area contributed by atoms with Gasteiger partial charge in [-0.15, -0.1) is 0 Å². The van der Waals surface area contributed by atoms with E-state index < -0.39 is 91.5 Å². The van der Waals surface area contributed by atoms with Gasteiger partial charge in [-0.25, -0.2) is 9.13 Å². The molecule has 16 nitrogen and oxygen atoms in total. The highest BCUT2D eigenvalue weighted by atomic mass is 31.2. The third-order valence-electron chi connectivity index (χ3n) is 22.5. The largest absolute Gasteiger partial charge is 0.472 e. The minimum Gasteiger partial charge on any atom is -0.463 e. The van der Waals surface area contributed by atoms with Crippen LogP contribution in [-0.4, -0.2) is 95.9 Å². The number of carbonyl (C=O) groups excluding carboxylic acids is 3. The molecule has 0 spiro atoms. The smallest absolute Gasteiger partial charge is 0.463 e. The molecule has 5 unspecified atom stereocenters. The van der Waals surface area contributed by atoms with Crippen LogP contribution >= 0.6 is 15.6 Å². The lowest BCUT2D eigenvalue weighted by atomic mass is 10.0. The van der Waals surface area contributed by atoms with Gasteiger partial charge in [0.15, 0.2) is 6.10 Å². The first kappa shape index (κ1) is 122. The molecule has 0 saturated heterocycles. The minimum absolute atomic E-state index is 0.101. The number of aliphatic hydroxyl groups is 2. The Morgan fingerprint density at radius 2 is 0.394 bits per heavy atom. The molecule has 18 heteroatoms. The number of unbranched alkanes of at least 4 members (excludes halogenated alkanes) is 52. The number of hydrogen-bond acceptors (Lipinski definition) is 14. The molecular weight excluding hydrogens is 1630 g/mol. The zero-order valence-electron chi connectivity index (χ0n) is 81.4. The monoisotopic (exact) mass is 1820 g/mol. The number of carbonyl (C=O) groups is 3. The molecule has 4 N–H and O–H groups in total. The van der Waals surface area contributed by atoms with Gasteiger partial charge < -0.3 is 34.2 Å². The van der Waals surface area contributed by atoms with Crippen molar-refractivity contribution < 1.29 is 75.8 Å². The Labute approximate surface area is 778 Å². The van der Waals surface area contributed by atoms with Crippen molar-refractivity contribution in [2.75, 3.05) is 39.6 Å². The fourth-order valence-electron chi connectivity index (χ4n) is 14.6. The van der Waals surface area contributed by atoms with E-state index in [1.165, 1.54) is 276 Å². The zero-order valence-corrected chi connectivity index (χ0v) is 83.2. The summed E-state index contributed by atoms with van der Waals surface area (Å²) in [7, 11) is -9.82. The van der Waals surface area contributed by atoms with Gasteiger partial charge in [0.1, 0.15) is 25.4 Å². The number of hydrogen-bond donors (Lipinski definition) is 4. The number of esters is 3. The van der Waals surface area contributed by atoms with Gasteiger partial charge >= 0.3 is 33.6 Å². The Balaban J connectivity index is 4.60. The number of aliphatic hydroxyl groups excluding tert-OH is 2. The number of phosphoric ester groups is 2. The van der Waals surface area contributed by atoms with Crippen molar-refractivity contribution in [1.29, 1.82) is 0 Å². The summed E-state index contributed by atoms with van der Waals surface area (Å²) in [5.74, 6) is -1.56. The normalized spacial score (nSPS) is 14.2. The second kappa shape index (κ2) is 100. The highest BCUT2D eigenvalue weighted by Gasteiger charge is 2.30. The molecule has 127 heavy (non-hydrogen) atoms. The Hall–Kier alpha value is -4.57. The molecule has 0 bridgehead atoms. The van der Waals surface area contributed by atoms with E-state index in [0.717, 1.165) is 135 Å². The van der Waals surface area contributed by atoms with E-state index in [1.807, 2.05) is 0 Å². The molecule has 0 aromatic rings. The Kier molecular flexibility index (Phi) is 96.8. The molecule has 0 aliphatic carbocycles. The summed E-state index contributed by atoms with van der Waals surface area (Å²) in [6.07, 6.45) is 129. The van der Waals surface area contributed by atoms with Crippen molar-refractivity contribution >= 4 is 33.6 Å². The maximum Gasteiger partial charge on any atom is 0.472 e. The standard InChI is InChI=1S/C109H192O16P2/c1-4-7-10-13-16-19-22-25-28-31-34-37-40-43-46-49-50-51-52-55-57-59-62-65-68-71-74-77-80-83-86-89-92-95-107(112)119-98-104(110)99-121-126(115,116)122-100-105(111)101-123-127(117,118)124-103-106(125-109(114)97-94-91-88-85-82-79-76-73-70-67-64-61-58-54-48-45-42-39-36-33-30-27-24-21-18-15-12-9-6-3)102-120-108(113)96-93-90-87-84-81-78-75-72-69-66-63-60-56-53-47-44-41-38-35-32-29-26-23-20-17-14-11-8-5-2/h16-21,25-30,34-39,43-48,104-106,110-111H,4-15,22-24,31-33,40-42,49-103H2,1-3H3,(H,115,116)(H,117,118)/b19-16-,20-17-,21-18-,28-25-,29-26-,30-27-,37-34-,38-35-,39-36-,46-43-,47-44-,48-45-. The first-order chi connectivity index (χ1) is 62.2. The van der Waals surface area contributed by atoms with Crippen LogP contribution in [0.3, 0.4) is 0 Å². The molecule has 0 amide bonds. The molecule has 5 atom stereocenters. The second-order valence-corrected chi connectivity index (χ2v) is 37.9. The van der Waals surface area contributed by atoms with Crippen molar-refractivity contribution in [3.8, 4) is 0 Å². The maximum atomic E-state index is 13.1. The SMILES string of the molecule is CCCCC/C=C\C/C=C\C/C=C\C/C=C\CCCCCCCCCCCCCCCCCCCC(=O)OCC(O)COP(=O)(O)OCC(O)COP(=O)(O)OCC(COC(=O)CCCCCCCCCCCCCCC/C=C\C/C=C\C/C=C\C/C=C\CCCCC)OC(=O)CCCCCCCCCCCCCCC/C=C\C/C=C\C/C=C\C/C=C\CCCCC. The van der Waals surface area contributed by atoms with Gasteiger partial charge in [-0.3, -0.25) is 32.5 Å². The van der Waals surface area contributed by atoms with Crippen LogP contribution in [0.1, 0.15) is 470 Å². The molecule has 0 heterocycles. The van der Waals surface area contributed by atoms with E-state index in [4.69, 9.17) is 32.3 Å². The predicted molar refractivity (Wildman–Crippen MR) is 537 cm³/mol. The van der Waals surface area contributed by atoms with Crippen LogP contribution in [0, 0.1) is 0 Å². The van der Waals surface area contributed by atoms with Crippen LogP contribution in [0.25, 0.3) is 0 Å². The average molecular weight is 1820 g/mol. The third kappa shape index (κ3) is 102. The lowest BCUT2D eigenvalue weighted by Gasteiger charge is -2.21. The van der Waals surface area contributed by atoms with Crippen LogP contribution in [0.15, 0.2) is 146 Å². The van der Waals surface area contributed by atoms with Crippen molar-refractivity contribution in [3.63, 3.8) is 0 Å². The summed E-state index contributed by atoms with van der Waals surface area (Å²) < 4.78 is 61.7. The van der Waals surface area contributed by atoms with Crippen molar-refractivity contribution in [3.05, 3.63) is 146 Å². The molecule has 0 aliphatic rings. The van der Waals surface area contributed by atoms with Crippen LogP contribution in [0.4, 0.5) is 0 Å². The molecule has 734 valence electrons. The van der Waals surface area contributed by atoms with E-state index in [-0.39, 0.29) is 19.3 Å². The van der Waals surface area contributed by atoms with E-state index in [0.29, 0.717) is 19.3 Å². The van der Waals surface area contributed by atoms with Gasteiger partial charge in [0.2, 0.25) is 0 Å². The van der Waals surface area contributed by atoms with Crippen molar-refractivity contribution in [2.24, 2.45) is 0 Å². The average Bonchev–Trinajstić information content (AvgIpc) is 0.902. The van der Waals surface area contributed by atoms with Crippen LogP contribution in [-0.2, 0) is 55.8 Å². The fourth-order valence-corrected chi connectivity index (χ4v) is 16.2. The summed E-state index contributed by atoms with van der Waals surface area (Å²) in [5.41, 5.74) is 0. The van der Waals surface area contributed by atoms with Crippen LogP contribution in [0.5, 0.6) is 0 Å². The molecule has 0 fully saturated rings. The predicted octanol–water partition coefficient (Wildman–Crippen LogP) is 33.0. The van der Waals surface area contributed by atoms with Crippen molar-refractivity contribution in [1.82, 2.24) is 0 Å². The number of rotatable bonds is 99. The van der Waals surface area contributed by atoms with Gasteiger partial charge in [-0.1, -0.05) is 443 Å². The Bertz CT molecular complexity index is 2890. The van der Waals surface area contributed by atoms with Gasteiger partial charge in [-0.05, 0) is 154 Å². The molecule has 0 aromatic carbocycles. The highest BCUT2D eigenvalue weighted by molar-refractivity contribution is 7.47. The molecule has 0 aliphatic heterocycles. The second-order valence-electron chi connectivity index (χ2n) is 35.0. The fraction of sp³-hybridized carbons (Fsp3) is 0.752. The van der Waals surface area contributed by atoms with E-state index in [2.05, 4.69) is 167 Å². The first-order valence-electron chi connectivity index (χ1n) is 52.1. The Morgan fingerprint density at radius 3 is 0.622 bits per heavy atom. The molecular formula is C109H192O16P2. The molecule has 0 aromatic heterocycles. The summed E-state index contributed by atoms with van der Waals surface area (Å²) in [6.45, 7) is 2.69. The number of ether oxygens (including phenoxy) is 3. The summed E-state index contributed by atoms with van der Waals surface area (Å²) in [4.78, 5) is 59.2. The quantitative estimate of drug-likeness (QED) is 0.0146. The van der Waals surface area contributed by atoms with Gasteiger partial charge in [0, 0.05) is 19.3 Å². The van der Waals surface area contributed by atoms with Crippen LogP contribution in [0.2, 0.25) is 0 Å². The van der Waals surface area contributed by atoms with E-state index in [1.54, 1.807) is 0 Å². The number of allylic oxidation sites excluding steroid dienone is 24. The molecule has 0 radical (unpaired) electrons. The summed E-state index contributed by atoms with van der Waals surface area (Å²) in [5, 5.41) is 20.8. The van der Waals surface area contributed by atoms with Crippen molar-refractivity contribution in [2.45, 2.75) is 489 Å². The topological polar surface area (TPSA) is 231 Å². The van der Waals surface area contributed by atoms with Gasteiger partial charge in [0.05, 0.1) is 26.4 Å². The van der Waals surface area contributed by atoms with Crippen LogP contribution < -0.4 is 0 Å². The lowest BCUT2D eigenvalue weighted by molar-refractivity contribution is -0.161. The van der Waals surface area contributed by atoms with E-state index in [9.17, 15) is 43.5 Å². The third-order valence-corrected chi connectivity index (χ3v) is 24.4. The minimum atomic E-state index is -4.95. The zero-order chi connectivity index (χ0) is 92.1. The molecule has 0 saturated carbocycles. The van der Waals surface area contributed by atoms with Gasteiger partial charge in [-0.2, -0.15) is 0 Å². The summed E-state index contributed by atoms with van der Waals surface area (Å²) >= 11 is 0. The first-order valence-corrected chi connectivity index (χ1v) is 55.1.